The summed E-state index contributed by atoms with van der Waals surface area (Å²) in [5.74, 6) is 0.810. The molecule has 0 aliphatic heterocycles. The molecule has 0 heterocycles. The van der Waals surface area contributed by atoms with Crippen LogP contribution in [0.4, 0.5) is 4.79 Å². The summed E-state index contributed by atoms with van der Waals surface area (Å²) in [6, 6.07) is 0. The van der Waals surface area contributed by atoms with Crippen molar-refractivity contribution in [3.8, 4) is 0 Å². The molecule has 0 aromatic carbocycles. The molecule has 0 rings (SSSR count). The minimum atomic E-state index is -0.557. The van der Waals surface area contributed by atoms with E-state index in [2.05, 4.69) is 55.8 Å². The van der Waals surface area contributed by atoms with Crippen molar-refractivity contribution < 1.29 is 26.0 Å². The zero-order valence-corrected chi connectivity index (χ0v) is 11.3. The van der Waals surface area contributed by atoms with Crippen molar-refractivity contribution in [2.75, 3.05) is 11.5 Å². The molecule has 2 unspecified atom stereocenters. The fourth-order valence-corrected chi connectivity index (χ4v) is 0.743. The van der Waals surface area contributed by atoms with Gasteiger partial charge in [-0.1, -0.05) is 0 Å². The molecule has 0 saturated heterocycles. The molecular formula is C5H18NNaO5S4. The number of alkyl carbamates (subject to hydrolysis) is 1. The van der Waals surface area contributed by atoms with Gasteiger partial charge in [-0.15, -0.1) is 12.6 Å². The molecule has 7 N–H and O–H groups in total. The van der Waals surface area contributed by atoms with Gasteiger partial charge in [0.1, 0.15) is 0 Å². The normalized spacial score (nSPS) is 11.2. The van der Waals surface area contributed by atoms with Crippen LogP contribution < -0.4 is 5.32 Å². The number of rotatable bonds is 4. The fraction of sp³-hybridized carbons (Fsp3) is 0.800. The predicted molar refractivity (Wildman–Crippen MR) is 80.9 cm³/mol. The van der Waals surface area contributed by atoms with Gasteiger partial charge in [0.25, 0.3) is 0 Å². The Bertz CT molecular complexity index is 143. The summed E-state index contributed by atoms with van der Waals surface area (Å²) in [6.07, 6.45) is -0.557. The molecular weight excluding hydrogens is 305 g/mol. The van der Waals surface area contributed by atoms with Crippen molar-refractivity contribution in [1.82, 2.24) is 5.32 Å². The van der Waals surface area contributed by atoms with Gasteiger partial charge in [0.05, 0.1) is 5.37 Å². The van der Waals surface area contributed by atoms with Crippen molar-refractivity contribution >= 4 is 86.2 Å². The number of carbonyl (C=O) groups is 1. The van der Waals surface area contributed by atoms with Gasteiger partial charge >= 0.3 is 35.7 Å². The summed E-state index contributed by atoms with van der Waals surface area (Å²) < 4.78 is 4.73. The van der Waals surface area contributed by atoms with Gasteiger partial charge in [0.2, 0.25) is 0 Å². The van der Waals surface area contributed by atoms with Gasteiger partial charge < -0.3 is 26.5 Å². The van der Waals surface area contributed by atoms with E-state index < -0.39 is 11.5 Å². The molecule has 0 aliphatic carbocycles. The van der Waals surface area contributed by atoms with Crippen molar-refractivity contribution in [2.45, 2.75) is 10.8 Å². The van der Waals surface area contributed by atoms with Gasteiger partial charge in [-0.2, -0.15) is 37.9 Å². The van der Waals surface area contributed by atoms with Gasteiger partial charge in [0.15, 0.2) is 5.44 Å². The number of hydrogen-bond acceptors (Lipinski definition) is 6. The molecule has 0 aromatic rings. The molecule has 16 heavy (non-hydrogen) atoms. The first-order valence-corrected chi connectivity index (χ1v) is 5.45. The van der Waals surface area contributed by atoms with E-state index in [1.165, 1.54) is 0 Å². The first-order chi connectivity index (χ1) is 5.60. The number of amides is 1. The summed E-state index contributed by atoms with van der Waals surface area (Å²) in [4.78, 5) is 10.9. The van der Waals surface area contributed by atoms with E-state index in [0.717, 1.165) is 0 Å². The Labute approximate surface area is 138 Å². The summed E-state index contributed by atoms with van der Waals surface area (Å²) in [6.45, 7) is 0. The van der Waals surface area contributed by atoms with Crippen LogP contribution in [-0.4, -0.2) is 74.4 Å². The van der Waals surface area contributed by atoms with E-state index in [1.54, 1.807) is 0 Å². The van der Waals surface area contributed by atoms with Crippen molar-refractivity contribution in [2.24, 2.45) is 0 Å². The monoisotopic (exact) mass is 323 g/mol. The van der Waals surface area contributed by atoms with Crippen LogP contribution in [0, 0.1) is 0 Å². The SMILES string of the molecule is O.O.O.O=C(NC(S)CS)OC(S)CS.[NaH]. The second-order valence-electron chi connectivity index (χ2n) is 1.89. The molecule has 98 valence electrons. The minimum absolute atomic E-state index is 0. The Morgan fingerprint density at radius 3 is 1.88 bits per heavy atom. The van der Waals surface area contributed by atoms with Gasteiger partial charge in [-0.3, -0.25) is 0 Å². The molecule has 0 saturated carbocycles. The summed E-state index contributed by atoms with van der Waals surface area (Å²) in [5, 5.41) is 2.13. The van der Waals surface area contributed by atoms with Crippen LogP contribution in [0.1, 0.15) is 0 Å². The zero-order valence-electron chi connectivity index (χ0n) is 7.67. The van der Waals surface area contributed by atoms with Crippen LogP contribution in [0.3, 0.4) is 0 Å². The first-order valence-electron chi connectivity index (χ1n) is 3.15. The Morgan fingerprint density at radius 1 is 1.12 bits per heavy atom. The Balaban J connectivity index is -0.000000101. The molecule has 0 aromatic heterocycles. The molecule has 11 heteroatoms. The molecule has 6 nitrogen and oxygen atoms in total. The Morgan fingerprint density at radius 2 is 1.56 bits per heavy atom. The number of ether oxygens (including phenoxy) is 1. The van der Waals surface area contributed by atoms with Crippen molar-refractivity contribution in [3.63, 3.8) is 0 Å². The zero-order chi connectivity index (χ0) is 9.56. The number of nitrogens with one attached hydrogen (secondary N) is 1. The van der Waals surface area contributed by atoms with Crippen LogP contribution in [0.15, 0.2) is 0 Å². The van der Waals surface area contributed by atoms with E-state index >= 15 is 0 Å². The van der Waals surface area contributed by atoms with E-state index in [1.807, 2.05) is 0 Å². The van der Waals surface area contributed by atoms with Crippen LogP contribution in [-0.2, 0) is 4.74 Å². The van der Waals surface area contributed by atoms with Crippen molar-refractivity contribution in [3.05, 3.63) is 0 Å². The van der Waals surface area contributed by atoms with E-state index in [9.17, 15) is 4.79 Å². The molecule has 0 bridgehead atoms. The standard InChI is InChI=1S/C5H11NO2S4.Na.3H2O.H/c7-5(6-3(11)1-9)8-4(12)2-10;;;;;/h3-4,9-12H,1-2H2,(H,6,7);;3*1H2;. The number of hydrogen-bond donors (Lipinski definition) is 5. The van der Waals surface area contributed by atoms with Crippen LogP contribution in [0.2, 0.25) is 0 Å². The second kappa shape index (κ2) is 18.9. The molecule has 0 radical (unpaired) electrons. The van der Waals surface area contributed by atoms with Crippen LogP contribution >= 0.6 is 50.5 Å². The first kappa shape index (κ1) is 30.5. The molecule has 0 aliphatic rings. The van der Waals surface area contributed by atoms with Gasteiger partial charge in [0, 0.05) is 11.5 Å². The van der Waals surface area contributed by atoms with Crippen LogP contribution in [0.25, 0.3) is 0 Å². The average molecular weight is 323 g/mol. The maximum absolute atomic E-state index is 10.9. The predicted octanol–water partition coefficient (Wildman–Crippen LogP) is -2.04. The van der Waals surface area contributed by atoms with Crippen molar-refractivity contribution in [1.29, 1.82) is 0 Å². The van der Waals surface area contributed by atoms with E-state index in [4.69, 9.17) is 4.74 Å². The third-order valence-corrected chi connectivity index (χ3v) is 2.73. The molecule has 0 fully saturated rings. The molecule has 1 amide bonds. The quantitative estimate of drug-likeness (QED) is 0.232. The van der Waals surface area contributed by atoms with Gasteiger partial charge in [-0.05, 0) is 0 Å². The third-order valence-electron chi connectivity index (χ3n) is 0.857. The fourth-order valence-electron chi connectivity index (χ4n) is 0.377. The Kier molecular flexibility index (Phi) is 36.1. The third kappa shape index (κ3) is 17.9. The average Bonchev–Trinajstić information content (AvgIpc) is 2.03. The van der Waals surface area contributed by atoms with Crippen LogP contribution in [0.5, 0.6) is 0 Å². The van der Waals surface area contributed by atoms with Gasteiger partial charge in [-0.25, -0.2) is 4.79 Å². The summed E-state index contributed by atoms with van der Waals surface area (Å²) in [7, 11) is 0. The summed E-state index contributed by atoms with van der Waals surface area (Å²) in [5.41, 5.74) is -0.492. The topological polar surface area (TPSA) is 133 Å². The molecule has 0 spiro atoms. The maximum atomic E-state index is 10.9. The summed E-state index contributed by atoms with van der Waals surface area (Å²) >= 11 is 15.7. The second-order valence-corrected chi connectivity index (χ2v) is 3.81. The number of thiol groups is 4. The Hall–Kier alpha value is 1.55. The molecule has 2 atom stereocenters. The van der Waals surface area contributed by atoms with E-state index in [0.29, 0.717) is 11.5 Å². The van der Waals surface area contributed by atoms with E-state index in [-0.39, 0.29) is 51.4 Å². The number of carbonyl (C=O) groups excluding carboxylic acids is 1.